The molecule has 1 aromatic heterocycles. The number of hydrogen-bond acceptors (Lipinski definition) is 4. The predicted octanol–water partition coefficient (Wildman–Crippen LogP) is 1.02. The first-order valence-electron chi connectivity index (χ1n) is 5.63. The van der Waals surface area contributed by atoms with E-state index in [2.05, 4.69) is 20.6 Å². The quantitative estimate of drug-likeness (QED) is 0.671. The molecule has 0 saturated carbocycles. The van der Waals surface area contributed by atoms with E-state index in [9.17, 15) is 4.79 Å². The van der Waals surface area contributed by atoms with Gasteiger partial charge in [0.2, 0.25) is 0 Å². The van der Waals surface area contributed by atoms with Gasteiger partial charge in [0.15, 0.2) is 0 Å². The lowest BCUT2D eigenvalue weighted by molar-refractivity contribution is 0.0528. The fourth-order valence-electron chi connectivity index (χ4n) is 1.17. The summed E-state index contributed by atoms with van der Waals surface area (Å²) in [6.45, 7) is 7.35. The smallest absolute Gasteiger partial charge is 0.407 e. The second-order valence-electron chi connectivity index (χ2n) is 4.64. The molecule has 3 N–H and O–H groups in total. The highest BCUT2D eigenvalue weighted by Gasteiger charge is 2.15. The summed E-state index contributed by atoms with van der Waals surface area (Å²) in [5, 5.41) is 5.81. The highest BCUT2D eigenvalue weighted by Crippen LogP contribution is 2.05. The Kier molecular flexibility index (Phi) is 4.96. The molecule has 0 fully saturated rings. The van der Waals surface area contributed by atoms with Gasteiger partial charge in [-0.15, -0.1) is 0 Å². The average molecular weight is 240 g/mol. The molecule has 0 saturated heterocycles. The molecule has 0 atom stereocenters. The summed E-state index contributed by atoms with van der Waals surface area (Å²) in [5.41, 5.74) is -0.453. The van der Waals surface area contributed by atoms with Gasteiger partial charge >= 0.3 is 6.09 Å². The van der Waals surface area contributed by atoms with Crippen LogP contribution in [0.25, 0.3) is 0 Å². The topological polar surface area (TPSA) is 79.0 Å². The molecule has 1 amide bonds. The number of aromatic amines is 1. The molecule has 0 spiro atoms. The van der Waals surface area contributed by atoms with Crippen LogP contribution in [0.4, 0.5) is 4.79 Å². The Morgan fingerprint density at radius 3 is 2.82 bits per heavy atom. The molecule has 0 aromatic carbocycles. The number of imidazole rings is 1. The number of nitrogens with zero attached hydrogens (tertiary/aromatic N) is 1. The largest absolute Gasteiger partial charge is 0.444 e. The molecule has 17 heavy (non-hydrogen) atoms. The van der Waals surface area contributed by atoms with E-state index in [1.807, 2.05) is 20.8 Å². The number of amides is 1. The highest BCUT2D eigenvalue weighted by atomic mass is 16.6. The molecule has 0 aliphatic carbocycles. The van der Waals surface area contributed by atoms with E-state index < -0.39 is 11.7 Å². The van der Waals surface area contributed by atoms with Crippen LogP contribution in [0.15, 0.2) is 12.4 Å². The van der Waals surface area contributed by atoms with Crippen molar-refractivity contribution in [2.75, 3.05) is 13.1 Å². The van der Waals surface area contributed by atoms with E-state index in [1.54, 1.807) is 12.4 Å². The molecule has 1 heterocycles. The van der Waals surface area contributed by atoms with Gasteiger partial charge in [0.05, 0.1) is 6.54 Å². The molecule has 0 unspecified atom stereocenters. The van der Waals surface area contributed by atoms with Crippen LogP contribution >= 0.6 is 0 Å². The Morgan fingerprint density at radius 1 is 1.47 bits per heavy atom. The number of alkyl carbamates (subject to hydrolysis) is 1. The van der Waals surface area contributed by atoms with Gasteiger partial charge in [0.1, 0.15) is 11.4 Å². The summed E-state index contributed by atoms with van der Waals surface area (Å²) in [4.78, 5) is 18.3. The SMILES string of the molecule is CC(C)(C)OC(=O)NCCNCc1ncc[nH]1. The molecule has 96 valence electrons. The van der Waals surface area contributed by atoms with Crippen molar-refractivity contribution in [3.63, 3.8) is 0 Å². The number of aromatic nitrogens is 2. The van der Waals surface area contributed by atoms with Gasteiger partial charge in [-0.25, -0.2) is 9.78 Å². The van der Waals surface area contributed by atoms with Crippen molar-refractivity contribution >= 4 is 6.09 Å². The Morgan fingerprint density at radius 2 is 2.24 bits per heavy atom. The fourth-order valence-corrected chi connectivity index (χ4v) is 1.17. The molecule has 0 radical (unpaired) electrons. The van der Waals surface area contributed by atoms with E-state index >= 15 is 0 Å². The Balaban J connectivity index is 2.02. The van der Waals surface area contributed by atoms with Gasteiger partial charge < -0.3 is 20.4 Å². The summed E-state index contributed by atoms with van der Waals surface area (Å²) in [6, 6.07) is 0. The second-order valence-corrected chi connectivity index (χ2v) is 4.64. The van der Waals surface area contributed by atoms with Gasteiger partial charge in [0.25, 0.3) is 0 Å². The van der Waals surface area contributed by atoms with Crippen LogP contribution in [0.2, 0.25) is 0 Å². The van der Waals surface area contributed by atoms with Crippen molar-refractivity contribution < 1.29 is 9.53 Å². The normalized spacial score (nSPS) is 11.2. The maximum atomic E-state index is 11.3. The van der Waals surface area contributed by atoms with Gasteiger partial charge in [-0.1, -0.05) is 0 Å². The standard InChI is InChI=1S/C11H20N4O2/c1-11(2,3)17-10(16)15-5-4-12-8-9-13-6-7-14-9/h6-7,12H,4-5,8H2,1-3H3,(H,13,14)(H,15,16). The van der Waals surface area contributed by atoms with Crippen molar-refractivity contribution in [3.8, 4) is 0 Å². The highest BCUT2D eigenvalue weighted by molar-refractivity contribution is 5.67. The minimum atomic E-state index is -0.453. The van der Waals surface area contributed by atoms with Gasteiger partial charge in [0, 0.05) is 25.5 Å². The van der Waals surface area contributed by atoms with Crippen LogP contribution in [0.1, 0.15) is 26.6 Å². The first kappa shape index (κ1) is 13.5. The lowest BCUT2D eigenvalue weighted by atomic mass is 10.2. The van der Waals surface area contributed by atoms with E-state index in [4.69, 9.17) is 4.74 Å². The molecule has 6 heteroatoms. The van der Waals surface area contributed by atoms with Crippen LogP contribution in [-0.2, 0) is 11.3 Å². The molecular formula is C11H20N4O2. The first-order valence-corrected chi connectivity index (χ1v) is 5.63. The van der Waals surface area contributed by atoms with Gasteiger partial charge in [-0.05, 0) is 20.8 Å². The van der Waals surface area contributed by atoms with E-state index in [0.29, 0.717) is 19.6 Å². The molecule has 0 aliphatic heterocycles. The predicted molar refractivity (Wildman–Crippen MR) is 64.5 cm³/mol. The van der Waals surface area contributed by atoms with E-state index in [-0.39, 0.29) is 0 Å². The third kappa shape index (κ3) is 6.57. The number of hydrogen-bond donors (Lipinski definition) is 3. The first-order chi connectivity index (χ1) is 7.97. The number of carbonyl (C=O) groups is 1. The fraction of sp³-hybridized carbons (Fsp3) is 0.636. The zero-order valence-electron chi connectivity index (χ0n) is 10.5. The number of carbonyl (C=O) groups excluding carboxylic acids is 1. The van der Waals surface area contributed by atoms with Gasteiger partial charge in [-0.2, -0.15) is 0 Å². The number of H-pyrrole nitrogens is 1. The zero-order chi connectivity index (χ0) is 12.7. The summed E-state index contributed by atoms with van der Waals surface area (Å²) < 4.78 is 5.09. The number of nitrogens with one attached hydrogen (secondary N) is 3. The summed E-state index contributed by atoms with van der Waals surface area (Å²) in [6.07, 6.45) is 3.09. The Hall–Kier alpha value is -1.56. The monoisotopic (exact) mass is 240 g/mol. The molecule has 1 aromatic rings. The van der Waals surface area contributed by atoms with Crippen LogP contribution in [0.5, 0.6) is 0 Å². The van der Waals surface area contributed by atoms with Crippen molar-refractivity contribution in [2.24, 2.45) is 0 Å². The third-order valence-electron chi connectivity index (χ3n) is 1.82. The lowest BCUT2D eigenvalue weighted by Gasteiger charge is -2.19. The number of ether oxygens (including phenoxy) is 1. The van der Waals surface area contributed by atoms with Crippen LogP contribution in [0.3, 0.4) is 0 Å². The molecule has 0 aliphatic rings. The summed E-state index contributed by atoms with van der Waals surface area (Å²) in [7, 11) is 0. The van der Waals surface area contributed by atoms with Crippen LogP contribution in [-0.4, -0.2) is 34.8 Å². The van der Waals surface area contributed by atoms with Gasteiger partial charge in [-0.3, -0.25) is 0 Å². The Bertz CT molecular complexity index is 330. The van der Waals surface area contributed by atoms with Crippen molar-refractivity contribution in [1.29, 1.82) is 0 Å². The Labute approximate surface area is 101 Å². The van der Waals surface area contributed by atoms with E-state index in [1.165, 1.54) is 0 Å². The summed E-state index contributed by atoms with van der Waals surface area (Å²) >= 11 is 0. The van der Waals surface area contributed by atoms with Crippen LogP contribution < -0.4 is 10.6 Å². The minimum Gasteiger partial charge on any atom is -0.444 e. The second kappa shape index (κ2) is 6.24. The zero-order valence-corrected chi connectivity index (χ0v) is 10.5. The van der Waals surface area contributed by atoms with Crippen molar-refractivity contribution in [1.82, 2.24) is 20.6 Å². The molecule has 6 nitrogen and oxygen atoms in total. The van der Waals surface area contributed by atoms with Crippen molar-refractivity contribution in [3.05, 3.63) is 18.2 Å². The average Bonchev–Trinajstić information content (AvgIpc) is 2.67. The summed E-state index contributed by atoms with van der Waals surface area (Å²) in [5.74, 6) is 0.877. The molecule has 0 bridgehead atoms. The maximum Gasteiger partial charge on any atom is 0.407 e. The van der Waals surface area contributed by atoms with E-state index in [0.717, 1.165) is 5.82 Å². The molecular weight excluding hydrogens is 220 g/mol. The maximum absolute atomic E-state index is 11.3. The van der Waals surface area contributed by atoms with Crippen molar-refractivity contribution in [2.45, 2.75) is 32.9 Å². The minimum absolute atomic E-state index is 0.391. The number of rotatable bonds is 5. The molecule has 1 rings (SSSR count). The third-order valence-corrected chi connectivity index (χ3v) is 1.82. The van der Waals surface area contributed by atoms with Crippen LogP contribution in [0, 0.1) is 0 Å². The lowest BCUT2D eigenvalue weighted by Crippen LogP contribution is -2.36.